The molecule has 4 heteroatoms. The molecule has 1 N–H and O–H groups in total. The summed E-state index contributed by atoms with van der Waals surface area (Å²) in [5.74, 6) is -0.182. The molecule has 108 valence electrons. The largest absolute Gasteiger partial charge is 0.306 e. The lowest BCUT2D eigenvalue weighted by Gasteiger charge is -2.17. The number of hydrogen-bond acceptors (Lipinski definition) is 2. The minimum atomic E-state index is -0.182. The molecule has 1 atom stereocenters. The molecule has 0 saturated heterocycles. The van der Waals surface area contributed by atoms with Crippen LogP contribution in [0.3, 0.4) is 0 Å². The van der Waals surface area contributed by atoms with Crippen LogP contribution in [0.1, 0.15) is 43.1 Å². The van der Waals surface area contributed by atoms with Crippen molar-refractivity contribution < 1.29 is 4.39 Å². The third kappa shape index (κ3) is 3.45. The van der Waals surface area contributed by atoms with Crippen LogP contribution in [0.25, 0.3) is 0 Å². The summed E-state index contributed by atoms with van der Waals surface area (Å²) in [6.45, 7) is 4.97. The summed E-state index contributed by atoms with van der Waals surface area (Å²) in [4.78, 5) is 0. The molecule has 0 spiro atoms. The molecule has 0 radical (unpaired) electrons. The van der Waals surface area contributed by atoms with E-state index in [9.17, 15) is 4.39 Å². The second-order valence-corrected chi connectivity index (χ2v) is 5.02. The van der Waals surface area contributed by atoms with Crippen LogP contribution in [0.15, 0.2) is 30.5 Å². The fraction of sp³-hybridized carbons (Fsp3) is 0.438. The molecule has 2 aromatic rings. The van der Waals surface area contributed by atoms with Crippen molar-refractivity contribution in [2.24, 2.45) is 7.05 Å². The average molecular weight is 275 g/mol. The number of aromatic nitrogens is 2. The fourth-order valence-electron chi connectivity index (χ4n) is 2.48. The number of rotatable bonds is 6. The molecule has 0 bridgehead atoms. The van der Waals surface area contributed by atoms with Crippen LogP contribution >= 0.6 is 0 Å². The van der Waals surface area contributed by atoms with E-state index < -0.39 is 0 Å². The van der Waals surface area contributed by atoms with Gasteiger partial charge < -0.3 is 5.32 Å². The highest BCUT2D eigenvalue weighted by molar-refractivity contribution is 5.21. The monoisotopic (exact) mass is 275 g/mol. The second-order valence-electron chi connectivity index (χ2n) is 5.02. The molecular weight excluding hydrogens is 253 g/mol. The first-order valence-corrected chi connectivity index (χ1v) is 7.14. The molecule has 0 aliphatic rings. The Kier molecular flexibility index (Phi) is 4.90. The van der Waals surface area contributed by atoms with E-state index in [4.69, 9.17) is 0 Å². The molecule has 0 aliphatic carbocycles. The Hall–Kier alpha value is -1.68. The zero-order valence-electron chi connectivity index (χ0n) is 12.4. The number of halogens is 1. The van der Waals surface area contributed by atoms with Gasteiger partial charge in [0, 0.05) is 31.4 Å². The lowest BCUT2D eigenvalue weighted by molar-refractivity contribution is 0.513. The molecule has 1 aromatic heterocycles. The summed E-state index contributed by atoms with van der Waals surface area (Å²) in [6, 6.07) is 6.97. The number of aryl methyl sites for hydroxylation is 2. The van der Waals surface area contributed by atoms with Crippen LogP contribution in [0.2, 0.25) is 0 Å². The van der Waals surface area contributed by atoms with Gasteiger partial charge in [-0.1, -0.05) is 26.0 Å². The smallest absolute Gasteiger partial charge is 0.123 e. The van der Waals surface area contributed by atoms with Crippen molar-refractivity contribution in [3.05, 3.63) is 53.1 Å². The van der Waals surface area contributed by atoms with E-state index >= 15 is 0 Å². The first-order valence-electron chi connectivity index (χ1n) is 7.14. The van der Waals surface area contributed by atoms with Crippen molar-refractivity contribution in [3.8, 4) is 0 Å². The molecule has 1 heterocycles. The van der Waals surface area contributed by atoms with Gasteiger partial charge in [0.25, 0.3) is 0 Å². The SMILES string of the molecule is CCc1nn(C)cc1CNC(CC)c1cccc(F)c1. The van der Waals surface area contributed by atoms with Crippen molar-refractivity contribution in [1.29, 1.82) is 0 Å². The maximum atomic E-state index is 13.3. The maximum Gasteiger partial charge on any atom is 0.123 e. The maximum absolute atomic E-state index is 13.3. The molecule has 0 saturated carbocycles. The van der Waals surface area contributed by atoms with E-state index in [0.717, 1.165) is 30.6 Å². The Morgan fingerprint density at radius 1 is 1.35 bits per heavy atom. The minimum Gasteiger partial charge on any atom is -0.306 e. The van der Waals surface area contributed by atoms with Crippen LogP contribution in [0.4, 0.5) is 4.39 Å². The summed E-state index contributed by atoms with van der Waals surface area (Å²) in [5, 5.41) is 7.93. The zero-order valence-corrected chi connectivity index (χ0v) is 12.4. The molecule has 1 aromatic carbocycles. The molecule has 1 unspecified atom stereocenters. The van der Waals surface area contributed by atoms with Crippen LogP contribution in [-0.2, 0) is 20.0 Å². The van der Waals surface area contributed by atoms with Crippen LogP contribution in [-0.4, -0.2) is 9.78 Å². The van der Waals surface area contributed by atoms with E-state index in [-0.39, 0.29) is 11.9 Å². The van der Waals surface area contributed by atoms with E-state index in [1.807, 2.05) is 24.0 Å². The third-order valence-electron chi connectivity index (χ3n) is 3.52. The molecular formula is C16H22FN3. The van der Waals surface area contributed by atoms with Crippen LogP contribution in [0.5, 0.6) is 0 Å². The minimum absolute atomic E-state index is 0.163. The lowest BCUT2D eigenvalue weighted by atomic mass is 10.0. The van der Waals surface area contributed by atoms with Gasteiger partial charge in [-0.3, -0.25) is 4.68 Å². The van der Waals surface area contributed by atoms with Crippen molar-refractivity contribution in [2.75, 3.05) is 0 Å². The molecule has 0 fully saturated rings. The summed E-state index contributed by atoms with van der Waals surface area (Å²) >= 11 is 0. The molecule has 20 heavy (non-hydrogen) atoms. The highest BCUT2D eigenvalue weighted by Gasteiger charge is 2.12. The van der Waals surface area contributed by atoms with Gasteiger partial charge in [-0.15, -0.1) is 0 Å². The molecule has 2 rings (SSSR count). The van der Waals surface area contributed by atoms with Crippen molar-refractivity contribution in [3.63, 3.8) is 0 Å². The molecule has 3 nitrogen and oxygen atoms in total. The Bertz CT molecular complexity index is 563. The lowest BCUT2D eigenvalue weighted by Crippen LogP contribution is -2.20. The summed E-state index contributed by atoms with van der Waals surface area (Å²) in [7, 11) is 1.94. The summed E-state index contributed by atoms with van der Waals surface area (Å²) in [5.41, 5.74) is 3.33. The van der Waals surface area contributed by atoms with Crippen molar-refractivity contribution >= 4 is 0 Å². The van der Waals surface area contributed by atoms with Gasteiger partial charge >= 0.3 is 0 Å². The van der Waals surface area contributed by atoms with Crippen LogP contribution < -0.4 is 5.32 Å². The molecule has 0 aliphatic heterocycles. The summed E-state index contributed by atoms with van der Waals surface area (Å²) < 4.78 is 15.2. The zero-order chi connectivity index (χ0) is 14.5. The average Bonchev–Trinajstić information content (AvgIpc) is 2.80. The Morgan fingerprint density at radius 3 is 2.80 bits per heavy atom. The Labute approximate surface area is 119 Å². The predicted molar refractivity (Wildman–Crippen MR) is 78.9 cm³/mol. The number of nitrogens with zero attached hydrogens (tertiary/aromatic N) is 2. The van der Waals surface area contributed by atoms with Gasteiger partial charge in [0.2, 0.25) is 0 Å². The van der Waals surface area contributed by atoms with Gasteiger partial charge in [-0.25, -0.2) is 4.39 Å². The van der Waals surface area contributed by atoms with Crippen molar-refractivity contribution in [1.82, 2.24) is 15.1 Å². The van der Waals surface area contributed by atoms with Crippen molar-refractivity contribution in [2.45, 2.75) is 39.3 Å². The second kappa shape index (κ2) is 6.66. The Morgan fingerprint density at radius 2 is 2.15 bits per heavy atom. The summed E-state index contributed by atoms with van der Waals surface area (Å²) in [6.07, 6.45) is 3.89. The van der Waals surface area contributed by atoms with Gasteiger partial charge in [0.05, 0.1) is 5.69 Å². The predicted octanol–water partition coefficient (Wildman–Crippen LogP) is 3.36. The van der Waals surface area contributed by atoms with E-state index in [0.29, 0.717) is 0 Å². The Balaban J connectivity index is 2.07. The van der Waals surface area contributed by atoms with E-state index in [1.54, 1.807) is 12.1 Å². The topological polar surface area (TPSA) is 29.9 Å². The van der Waals surface area contributed by atoms with E-state index in [1.165, 1.54) is 11.6 Å². The first-order chi connectivity index (χ1) is 9.63. The number of benzene rings is 1. The highest BCUT2D eigenvalue weighted by Crippen LogP contribution is 2.18. The van der Waals surface area contributed by atoms with Gasteiger partial charge in [-0.05, 0) is 30.5 Å². The van der Waals surface area contributed by atoms with Gasteiger partial charge in [0.1, 0.15) is 5.82 Å². The number of hydrogen-bond donors (Lipinski definition) is 1. The normalized spacial score (nSPS) is 12.6. The van der Waals surface area contributed by atoms with Gasteiger partial charge in [-0.2, -0.15) is 5.10 Å². The number of nitrogens with one attached hydrogen (secondary N) is 1. The van der Waals surface area contributed by atoms with Crippen LogP contribution in [0, 0.1) is 5.82 Å². The quantitative estimate of drug-likeness (QED) is 0.876. The molecule has 0 amide bonds. The van der Waals surface area contributed by atoms with Gasteiger partial charge in [0.15, 0.2) is 0 Å². The van der Waals surface area contributed by atoms with E-state index in [2.05, 4.69) is 24.3 Å². The third-order valence-corrected chi connectivity index (χ3v) is 3.52. The highest BCUT2D eigenvalue weighted by atomic mass is 19.1. The fourth-order valence-corrected chi connectivity index (χ4v) is 2.48. The first kappa shape index (κ1) is 14.7. The standard InChI is InChI=1S/C16H22FN3/c1-4-15(12-7-6-8-14(17)9-12)18-10-13-11-20(3)19-16(13)5-2/h6-9,11,15,18H,4-5,10H2,1-3H3.